The summed E-state index contributed by atoms with van der Waals surface area (Å²) < 4.78 is 44.2. The van der Waals surface area contributed by atoms with Crippen molar-refractivity contribution in [1.82, 2.24) is 0 Å². The monoisotopic (exact) mass is 306 g/mol. The van der Waals surface area contributed by atoms with Crippen molar-refractivity contribution < 1.29 is 22.7 Å². The molecule has 0 saturated heterocycles. The van der Waals surface area contributed by atoms with E-state index in [9.17, 15) is 18.0 Å². The second-order valence-electron chi connectivity index (χ2n) is 5.27. The maximum atomic E-state index is 13.0. The molecule has 1 aliphatic carbocycles. The largest absolute Gasteiger partial charge is 0.426 e. The molecular weight excluding hydrogens is 293 g/mol. The Morgan fingerprint density at radius 2 is 1.64 bits per heavy atom. The zero-order valence-corrected chi connectivity index (χ0v) is 11.5. The first-order valence-corrected chi connectivity index (χ1v) is 6.89. The second-order valence-corrected chi connectivity index (χ2v) is 5.27. The van der Waals surface area contributed by atoms with Crippen LogP contribution >= 0.6 is 0 Å². The SMILES string of the molecule is O=C(Oc1ccccc1)C1CC1c1ccccc1C(F)(F)F. The summed E-state index contributed by atoms with van der Waals surface area (Å²) >= 11 is 0. The zero-order valence-electron chi connectivity index (χ0n) is 11.5. The summed E-state index contributed by atoms with van der Waals surface area (Å²) in [7, 11) is 0. The fourth-order valence-electron chi connectivity index (χ4n) is 2.56. The van der Waals surface area contributed by atoms with Crippen LogP contribution in [0, 0.1) is 5.92 Å². The van der Waals surface area contributed by atoms with Crippen LogP contribution in [-0.4, -0.2) is 5.97 Å². The van der Waals surface area contributed by atoms with Gasteiger partial charge in [0.25, 0.3) is 0 Å². The molecule has 0 aromatic heterocycles. The smallest absolute Gasteiger partial charge is 0.416 e. The minimum Gasteiger partial charge on any atom is -0.426 e. The lowest BCUT2D eigenvalue weighted by Crippen LogP contribution is -2.13. The number of ether oxygens (including phenoxy) is 1. The van der Waals surface area contributed by atoms with Gasteiger partial charge in [0.15, 0.2) is 0 Å². The Labute approximate surface area is 125 Å². The fourth-order valence-corrected chi connectivity index (χ4v) is 2.56. The molecule has 2 unspecified atom stereocenters. The number of para-hydroxylation sites is 1. The van der Waals surface area contributed by atoms with E-state index in [2.05, 4.69) is 0 Å². The number of hydrogen-bond donors (Lipinski definition) is 0. The molecule has 1 aliphatic rings. The summed E-state index contributed by atoms with van der Waals surface area (Å²) in [6, 6.07) is 13.9. The maximum absolute atomic E-state index is 13.0. The van der Waals surface area contributed by atoms with Gasteiger partial charge in [-0.25, -0.2) is 0 Å². The molecule has 0 aliphatic heterocycles. The quantitative estimate of drug-likeness (QED) is 0.620. The first-order valence-electron chi connectivity index (χ1n) is 6.89. The molecule has 114 valence electrons. The molecule has 2 aromatic carbocycles. The molecule has 2 aromatic rings. The first-order chi connectivity index (χ1) is 10.5. The first kappa shape index (κ1) is 14.6. The van der Waals surface area contributed by atoms with Gasteiger partial charge in [-0.05, 0) is 36.1 Å². The van der Waals surface area contributed by atoms with E-state index in [0.29, 0.717) is 12.2 Å². The van der Waals surface area contributed by atoms with E-state index >= 15 is 0 Å². The van der Waals surface area contributed by atoms with Gasteiger partial charge in [0.2, 0.25) is 0 Å². The number of esters is 1. The summed E-state index contributed by atoms with van der Waals surface area (Å²) in [6.45, 7) is 0. The van der Waals surface area contributed by atoms with Crippen LogP contribution in [0.3, 0.4) is 0 Å². The van der Waals surface area contributed by atoms with Crippen molar-refractivity contribution in [3.8, 4) is 5.75 Å². The van der Waals surface area contributed by atoms with Crippen molar-refractivity contribution in [2.24, 2.45) is 5.92 Å². The molecular formula is C17H13F3O2. The third-order valence-corrected chi connectivity index (χ3v) is 3.72. The number of benzene rings is 2. The number of carbonyl (C=O) groups excluding carboxylic acids is 1. The second kappa shape index (κ2) is 5.48. The van der Waals surface area contributed by atoms with Gasteiger partial charge >= 0.3 is 12.1 Å². The van der Waals surface area contributed by atoms with Crippen molar-refractivity contribution in [2.75, 3.05) is 0 Å². The van der Waals surface area contributed by atoms with Crippen LogP contribution in [0.25, 0.3) is 0 Å². The van der Waals surface area contributed by atoms with E-state index in [1.165, 1.54) is 12.1 Å². The summed E-state index contributed by atoms with van der Waals surface area (Å²) in [6.07, 6.45) is -4.02. The highest BCUT2D eigenvalue weighted by Gasteiger charge is 2.48. The number of carbonyl (C=O) groups is 1. The van der Waals surface area contributed by atoms with Gasteiger partial charge < -0.3 is 4.74 Å². The van der Waals surface area contributed by atoms with Crippen LogP contribution in [0.2, 0.25) is 0 Å². The molecule has 0 amide bonds. The van der Waals surface area contributed by atoms with E-state index in [-0.39, 0.29) is 5.56 Å². The third kappa shape index (κ3) is 2.98. The Hall–Kier alpha value is -2.30. The highest BCUT2D eigenvalue weighted by atomic mass is 19.4. The molecule has 0 bridgehead atoms. The third-order valence-electron chi connectivity index (χ3n) is 3.72. The lowest BCUT2D eigenvalue weighted by atomic mass is 10.0. The zero-order chi connectivity index (χ0) is 15.7. The van der Waals surface area contributed by atoms with Gasteiger partial charge in [0, 0.05) is 0 Å². The van der Waals surface area contributed by atoms with Crippen molar-refractivity contribution in [1.29, 1.82) is 0 Å². The van der Waals surface area contributed by atoms with Gasteiger partial charge in [-0.15, -0.1) is 0 Å². The predicted molar refractivity (Wildman–Crippen MR) is 74.4 cm³/mol. The van der Waals surface area contributed by atoms with Gasteiger partial charge in [-0.1, -0.05) is 36.4 Å². The Bertz CT molecular complexity index is 680. The Morgan fingerprint density at radius 1 is 1.00 bits per heavy atom. The van der Waals surface area contributed by atoms with Crippen molar-refractivity contribution >= 4 is 5.97 Å². The molecule has 0 spiro atoms. The normalized spacial score (nSPS) is 20.5. The van der Waals surface area contributed by atoms with Crippen molar-refractivity contribution in [2.45, 2.75) is 18.5 Å². The minimum absolute atomic E-state index is 0.171. The van der Waals surface area contributed by atoms with Gasteiger partial charge in [-0.2, -0.15) is 13.2 Å². The topological polar surface area (TPSA) is 26.3 Å². The Kier molecular flexibility index (Phi) is 3.64. The molecule has 3 rings (SSSR count). The average molecular weight is 306 g/mol. The number of rotatable bonds is 3. The van der Waals surface area contributed by atoms with Crippen LogP contribution in [-0.2, 0) is 11.0 Å². The number of alkyl halides is 3. The summed E-state index contributed by atoms with van der Waals surface area (Å²) in [5, 5.41) is 0. The van der Waals surface area contributed by atoms with E-state index in [1.54, 1.807) is 36.4 Å². The lowest BCUT2D eigenvalue weighted by molar-refractivity contribution is -0.139. The molecule has 0 N–H and O–H groups in total. The summed E-state index contributed by atoms with van der Waals surface area (Å²) in [4.78, 5) is 12.0. The molecule has 1 fully saturated rings. The van der Waals surface area contributed by atoms with E-state index in [4.69, 9.17) is 4.74 Å². The highest BCUT2D eigenvalue weighted by Crippen LogP contribution is 2.51. The van der Waals surface area contributed by atoms with E-state index in [1.807, 2.05) is 0 Å². The molecule has 2 nitrogen and oxygen atoms in total. The van der Waals surface area contributed by atoms with Crippen LogP contribution in [0.4, 0.5) is 13.2 Å². The van der Waals surface area contributed by atoms with Gasteiger partial charge in [0.05, 0.1) is 11.5 Å². The summed E-state index contributed by atoms with van der Waals surface area (Å²) in [5.41, 5.74) is -0.500. The van der Waals surface area contributed by atoms with Gasteiger partial charge in [0.1, 0.15) is 5.75 Å². The maximum Gasteiger partial charge on any atom is 0.416 e. The highest BCUT2D eigenvalue weighted by molar-refractivity contribution is 5.79. The lowest BCUT2D eigenvalue weighted by Gasteiger charge is -2.12. The molecule has 5 heteroatoms. The van der Waals surface area contributed by atoms with Crippen LogP contribution in [0.15, 0.2) is 54.6 Å². The van der Waals surface area contributed by atoms with Crippen molar-refractivity contribution in [3.63, 3.8) is 0 Å². The molecule has 0 radical (unpaired) electrons. The van der Waals surface area contributed by atoms with E-state index in [0.717, 1.165) is 6.07 Å². The van der Waals surface area contributed by atoms with Crippen LogP contribution in [0.1, 0.15) is 23.5 Å². The summed E-state index contributed by atoms with van der Waals surface area (Å²) in [5.74, 6) is -1.01. The van der Waals surface area contributed by atoms with Gasteiger partial charge in [-0.3, -0.25) is 4.79 Å². The van der Waals surface area contributed by atoms with E-state index < -0.39 is 29.5 Å². The van der Waals surface area contributed by atoms with Crippen LogP contribution < -0.4 is 4.74 Å². The molecule has 22 heavy (non-hydrogen) atoms. The predicted octanol–water partition coefficient (Wildman–Crippen LogP) is 4.41. The minimum atomic E-state index is -4.41. The Morgan fingerprint density at radius 3 is 2.32 bits per heavy atom. The van der Waals surface area contributed by atoms with Crippen LogP contribution in [0.5, 0.6) is 5.75 Å². The molecule has 1 saturated carbocycles. The fraction of sp³-hybridized carbons (Fsp3) is 0.235. The standard InChI is InChI=1S/C17H13F3O2/c18-17(19,20)15-9-5-4-8-12(15)13-10-14(13)16(21)22-11-6-2-1-3-7-11/h1-9,13-14H,10H2. The Balaban J connectivity index is 1.74. The van der Waals surface area contributed by atoms with Crippen molar-refractivity contribution in [3.05, 3.63) is 65.7 Å². The molecule has 2 atom stereocenters. The molecule has 0 heterocycles. The number of halogens is 3. The number of hydrogen-bond acceptors (Lipinski definition) is 2. The average Bonchev–Trinajstić information content (AvgIpc) is 3.28.